The molecule has 0 bridgehead atoms. The van der Waals surface area contributed by atoms with Gasteiger partial charge in [-0.2, -0.15) is 0 Å². The highest BCUT2D eigenvalue weighted by Gasteiger charge is 2.12. The van der Waals surface area contributed by atoms with E-state index in [9.17, 15) is 0 Å². The molecule has 0 spiro atoms. The summed E-state index contributed by atoms with van der Waals surface area (Å²) in [6, 6.07) is 17.6. The van der Waals surface area contributed by atoms with Gasteiger partial charge in [-0.15, -0.1) is 10.2 Å². The smallest absolute Gasteiger partial charge is 0.247 e. The van der Waals surface area contributed by atoms with Gasteiger partial charge in [0.1, 0.15) is 0 Å². The van der Waals surface area contributed by atoms with Crippen LogP contribution in [0.2, 0.25) is 5.02 Å². The van der Waals surface area contributed by atoms with Crippen molar-refractivity contribution >= 4 is 11.6 Å². The molecule has 1 N–H and O–H groups in total. The second-order valence-electron chi connectivity index (χ2n) is 4.99. The standard InChI is InChI=1S/C17H16ClN3O/c1-12(14-9-5-6-10-15(14)18)19-11-16-20-21-17(22-16)13-7-3-2-4-8-13/h2-10,12,19H,11H2,1H3/t12-/m1/s1. The van der Waals surface area contributed by atoms with Crippen molar-refractivity contribution < 1.29 is 4.42 Å². The van der Waals surface area contributed by atoms with E-state index in [2.05, 4.69) is 22.4 Å². The van der Waals surface area contributed by atoms with Gasteiger partial charge in [0.25, 0.3) is 0 Å². The first-order valence-corrected chi connectivity index (χ1v) is 7.47. The Kier molecular flexibility index (Phi) is 4.51. The van der Waals surface area contributed by atoms with Gasteiger partial charge in [0, 0.05) is 16.6 Å². The molecular weight excluding hydrogens is 298 g/mol. The summed E-state index contributed by atoms with van der Waals surface area (Å²) in [5, 5.41) is 12.2. The molecule has 3 rings (SSSR count). The summed E-state index contributed by atoms with van der Waals surface area (Å²) in [5.74, 6) is 1.08. The summed E-state index contributed by atoms with van der Waals surface area (Å²) in [4.78, 5) is 0. The Bertz CT molecular complexity index is 742. The molecule has 5 heteroatoms. The lowest BCUT2D eigenvalue weighted by Crippen LogP contribution is -2.18. The van der Waals surface area contributed by atoms with E-state index in [1.165, 1.54) is 0 Å². The van der Waals surface area contributed by atoms with Crippen LogP contribution in [0.1, 0.15) is 24.4 Å². The van der Waals surface area contributed by atoms with E-state index in [1.807, 2.05) is 54.6 Å². The second-order valence-corrected chi connectivity index (χ2v) is 5.40. The molecule has 1 atom stereocenters. The molecule has 0 radical (unpaired) electrons. The minimum Gasteiger partial charge on any atom is -0.419 e. The van der Waals surface area contributed by atoms with Crippen molar-refractivity contribution in [2.75, 3.05) is 0 Å². The number of halogens is 1. The first-order valence-electron chi connectivity index (χ1n) is 7.09. The van der Waals surface area contributed by atoms with Gasteiger partial charge in [-0.3, -0.25) is 0 Å². The maximum absolute atomic E-state index is 6.19. The van der Waals surface area contributed by atoms with E-state index in [0.717, 1.165) is 16.1 Å². The summed E-state index contributed by atoms with van der Waals surface area (Å²) >= 11 is 6.19. The molecule has 0 fully saturated rings. The SMILES string of the molecule is C[C@@H](NCc1nnc(-c2ccccc2)o1)c1ccccc1Cl. The third-order valence-electron chi connectivity index (χ3n) is 3.42. The van der Waals surface area contributed by atoms with Gasteiger partial charge in [0.15, 0.2) is 0 Å². The maximum Gasteiger partial charge on any atom is 0.247 e. The largest absolute Gasteiger partial charge is 0.419 e. The normalized spacial score (nSPS) is 12.3. The average molecular weight is 314 g/mol. The second kappa shape index (κ2) is 6.73. The summed E-state index contributed by atoms with van der Waals surface area (Å²) in [6.07, 6.45) is 0. The Labute approximate surface area is 134 Å². The number of hydrogen-bond acceptors (Lipinski definition) is 4. The highest BCUT2D eigenvalue weighted by atomic mass is 35.5. The number of nitrogens with zero attached hydrogens (tertiary/aromatic N) is 2. The van der Waals surface area contributed by atoms with Crippen LogP contribution in [0.25, 0.3) is 11.5 Å². The van der Waals surface area contributed by atoms with Crippen molar-refractivity contribution in [3.8, 4) is 11.5 Å². The fourth-order valence-corrected chi connectivity index (χ4v) is 2.50. The Morgan fingerprint density at radius 1 is 1.05 bits per heavy atom. The minimum atomic E-state index is 0.0979. The molecule has 0 aliphatic carbocycles. The van der Waals surface area contributed by atoms with E-state index in [4.69, 9.17) is 16.0 Å². The fraction of sp³-hybridized carbons (Fsp3) is 0.176. The van der Waals surface area contributed by atoms with Crippen LogP contribution in [0.4, 0.5) is 0 Å². The lowest BCUT2D eigenvalue weighted by Gasteiger charge is -2.14. The van der Waals surface area contributed by atoms with Crippen LogP contribution in [0.15, 0.2) is 59.0 Å². The Morgan fingerprint density at radius 2 is 1.77 bits per heavy atom. The Hall–Kier alpha value is -2.17. The lowest BCUT2D eigenvalue weighted by molar-refractivity contribution is 0.454. The summed E-state index contributed by atoms with van der Waals surface area (Å²) in [6.45, 7) is 2.54. The van der Waals surface area contributed by atoms with Gasteiger partial charge >= 0.3 is 0 Å². The van der Waals surface area contributed by atoms with Crippen LogP contribution in [-0.2, 0) is 6.54 Å². The molecule has 112 valence electrons. The number of hydrogen-bond donors (Lipinski definition) is 1. The molecule has 0 amide bonds. The molecule has 4 nitrogen and oxygen atoms in total. The predicted octanol–water partition coefficient (Wildman–Crippen LogP) is 4.24. The van der Waals surface area contributed by atoms with Crippen LogP contribution in [0.5, 0.6) is 0 Å². The number of rotatable bonds is 5. The highest BCUT2D eigenvalue weighted by Crippen LogP contribution is 2.22. The summed E-state index contributed by atoms with van der Waals surface area (Å²) in [7, 11) is 0. The Balaban J connectivity index is 1.65. The fourth-order valence-electron chi connectivity index (χ4n) is 2.20. The van der Waals surface area contributed by atoms with Gasteiger partial charge in [0.05, 0.1) is 6.54 Å². The highest BCUT2D eigenvalue weighted by molar-refractivity contribution is 6.31. The van der Waals surface area contributed by atoms with Crippen molar-refractivity contribution in [3.05, 3.63) is 71.1 Å². The van der Waals surface area contributed by atoms with Crippen molar-refractivity contribution in [1.82, 2.24) is 15.5 Å². The van der Waals surface area contributed by atoms with Crippen LogP contribution >= 0.6 is 11.6 Å². The van der Waals surface area contributed by atoms with Crippen LogP contribution in [-0.4, -0.2) is 10.2 Å². The van der Waals surface area contributed by atoms with Crippen molar-refractivity contribution in [2.45, 2.75) is 19.5 Å². The van der Waals surface area contributed by atoms with Crippen LogP contribution in [0.3, 0.4) is 0 Å². The maximum atomic E-state index is 6.19. The first-order chi connectivity index (χ1) is 10.7. The third-order valence-corrected chi connectivity index (χ3v) is 3.76. The summed E-state index contributed by atoms with van der Waals surface area (Å²) in [5.41, 5.74) is 1.97. The van der Waals surface area contributed by atoms with E-state index >= 15 is 0 Å². The molecular formula is C17H16ClN3O. The third kappa shape index (κ3) is 3.35. The number of benzene rings is 2. The monoisotopic (exact) mass is 313 g/mol. The van der Waals surface area contributed by atoms with Gasteiger partial charge in [0.2, 0.25) is 11.8 Å². The van der Waals surface area contributed by atoms with E-state index in [0.29, 0.717) is 18.3 Å². The topological polar surface area (TPSA) is 51.0 Å². The van der Waals surface area contributed by atoms with Gasteiger partial charge < -0.3 is 9.73 Å². The quantitative estimate of drug-likeness (QED) is 0.765. The molecule has 1 aromatic heterocycles. The van der Waals surface area contributed by atoms with Gasteiger partial charge in [-0.05, 0) is 30.7 Å². The molecule has 0 saturated heterocycles. The predicted molar refractivity (Wildman–Crippen MR) is 86.4 cm³/mol. The molecule has 0 saturated carbocycles. The zero-order valence-corrected chi connectivity index (χ0v) is 12.9. The van der Waals surface area contributed by atoms with E-state index in [-0.39, 0.29) is 6.04 Å². The van der Waals surface area contributed by atoms with Crippen molar-refractivity contribution in [3.63, 3.8) is 0 Å². The van der Waals surface area contributed by atoms with Crippen molar-refractivity contribution in [1.29, 1.82) is 0 Å². The molecule has 0 unspecified atom stereocenters. The van der Waals surface area contributed by atoms with E-state index in [1.54, 1.807) is 0 Å². The lowest BCUT2D eigenvalue weighted by atomic mass is 10.1. The Morgan fingerprint density at radius 3 is 2.55 bits per heavy atom. The molecule has 3 aromatic rings. The number of aromatic nitrogens is 2. The number of nitrogens with one attached hydrogen (secondary N) is 1. The van der Waals surface area contributed by atoms with Crippen LogP contribution in [0, 0.1) is 0 Å². The van der Waals surface area contributed by atoms with Gasteiger partial charge in [-0.1, -0.05) is 48.0 Å². The molecule has 0 aliphatic rings. The van der Waals surface area contributed by atoms with Gasteiger partial charge in [-0.25, -0.2) is 0 Å². The van der Waals surface area contributed by atoms with Crippen molar-refractivity contribution in [2.24, 2.45) is 0 Å². The van der Waals surface area contributed by atoms with Crippen LogP contribution < -0.4 is 5.32 Å². The zero-order valence-electron chi connectivity index (χ0n) is 12.2. The molecule has 22 heavy (non-hydrogen) atoms. The zero-order chi connectivity index (χ0) is 15.4. The average Bonchev–Trinajstić information content (AvgIpc) is 3.03. The molecule has 0 aliphatic heterocycles. The molecule has 1 heterocycles. The minimum absolute atomic E-state index is 0.0979. The molecule has 2 aromatic carbocycles. The van der Waals surface area contributed by atoms with E-state index < -0.39 is 0 Å². The first kappa shape index (κ1) is 14.8. The summed E-state index contributed by atoms with van der Waals surface area (Å²) < 4.78 is 5.67.